The highest BCUT2D eigenvalue weighted by molar-refractivity contribution is 8.17. The van der Waals surface area contributed by atoms with Gasteiger partial charge in [0.15, 0.2) is 0 Å². The average molecular weight is 876 g/mol. The van der Waals surface area contributed by atoms with Crippen LogP contribution in [0.2, 0.25) is 0 Å². The van der Waals surface area contributed by atoms with Crippen LogP contribution in [0.5, 0.6) is 0 Å². The maximum Gasteiger partial charge on any atom is 0.0735 e. The highest BCUT2D eigenvalue weighted by Gasteiger charge is 2.15. The monoisotopic (exact) mass is 875 g/mol. The van der Waals surface area contributed by atoms with Crippen molar-refractivity contribution in [3.63, 3.8) is 0 Å². The summed E-state index contributed by atoms with van der Waals surface area (Å²) in [7, 11) is 0. The van der Waals surface area contributed by atoms with Gasteiger partial charge >= 0.3 is 0 Å². The highest BCUT2D eigenvalue weighted by Crippen LogP contribution is 2.30. The summed E-state index contributed by atoms with van der Waals surface area (Å²) in [6.07, 6.45) is 57.2. The first-order valence-corrected chi connectivity index (χ1v) is 30.5. The fourth-order valence-corrected chi connectivity index (χ4v) is 13.0. The lowest BCUT2D eigenvalue weighted by Gasteiger charge is -2.20. The second kappa shape index (κ2) is 53.5. The van der Waals surface area contributed by atoms with Crippen LogP contribution in [-0.4, -0.2) is 45.4 Å². The zero-order valence-corrected chi connectivity index (χ0v) is 43.0. The lowest BCUT2D eigenvalue weighted by Crippen LogP contribution is -2.16. The molecule has 0 saturated heterocycles. The molecule has 0 aromatic rings. The molecule has 0 spiro atoms. The van der Waals surface area contributed by atoms with Crippen LogP contribution < -0.4 is 0 Å². The van der Waals surface area contributed by atoms with Gasteiger partial charge in [0.1, 0.15) is 0 Å². The van der Waals surface area contributed by atoms with Crippen molar-refractivity contribution in [3.8, 4) is 0 Å². The summed E-state index contributed by atoms with van der Waals surface area (Å²) in [6, 6.07) is 0. The molecule has 344 valence electrons. The van der Waals surface area contributed by atoms with Crippen LogP contribution in [0.1, 0.15) is 285 Å². The Morgan fingerprint density at radius 2 is 0.386 bits per heavy atom. The van der Waals surface area contributed by atoms with E-state index in [1.165, 1.54) is 280 Å². The molecule has 0 saturated carbocycles. The predicted octanol–water partition coefficient (Wildman–Crippen LogP) is 20.3. The van der Waals surface area contributed by atoms with Gasteiger partial charge in [-0.25, -0.2) is 0 Å². The summed E-state index contributed by atoms with van der Waals surface area (Å²) in [5, 5.41) is 0. The summed E-state index contributed by atoms with van der Waals surface area (Å²) in [5.74, 6) is 5.28. The van der Waals surface area contributed by atoms with E-state index in [-0.39, 0.29) is 0 Å². The Bertz CT molecular complexity index is 585. The molecule has 0 radical (unpaired) electrons. The van der Waals surface area contributed by atoms with E-state index in [1.807, 2.05) is 0 Å². The van der Waals surface area contributed by atoms with E-state index in [9.17, 15) is 0 Å². The molecular formula is C52H106OS4. The Morgan fingerprint density at radius 3 is 0.561 bits per heavy atom. The number of rotatable bonds is 52. The Balaban J connectivity index is 4.67. The van der Waals surface area contributed by atoms with Crippen LogP contribution in [0, 0.1) is 0 Å². The summed E-state index contributed by atoms with van der Waals surface area (Å²) in [4.78, 5) is 0. The molecule has 0 heterocycles. The number of hydrogen-bond donors (Lipinski definition) is 0. The standard InChI is InChI=1S/C52H106OS4/c1-5-9-13-17-21-25-29-33-37-41-45-54-51(55-46-42-38-34-30-26-22-18-14-10-6-2)49-53-50-52(56-47-43-39-35-31-27-23-19-15-11-7-3)57-48-44-40-36-32-28-24-20-16-12-8-4/h51-52H,5-50H2,1-4H3. The smallest absolute Gasteiger partial charge is 0.0735 e. The lowest BCUT2D eigenvalue weighted by molar-refractivity contribution is 0.159. The van der Waals surface area contributed by atoms with E-state index in [1.54, 1.807) is 0 Å². The molecule has 0 aromatic heterocycles. The van der Waals surface area contributed by atoms with Crippen LogP contribution >= 0.6 is 47.0 Å². The predicted molar refractivity (Wildman–Crippen MR) is 276 cm³/mol. The topological polar surface area (TPSA) is 9.23 Å². The molecule has 0 aliphatic rings. The van der Waals surface area contributed by atoms with E-state index in [0.717, 1.165) is 13.2 Å². The molecular weight excluding hydrogens is 769 g/mol. The molecule has 5 heteroatoms. The first-order valence-electron chi connectivity index (χ1n) is 26.3. The Labute approximate surface area is 379 Å². The summed E-state index contributed by atoms with van der Waals surface area (Å²) < 4.78 is 7.90. The van der Waals surface area contributed by atoms with Crippen molar-refractivity contribution >= 4 is 47.0 Å². The lowest BCUT2D eigenvalue weighted by atomic mass is 10.1. The minimum atomic E-state index is 0.613. The fraction of sp³-hybridized carbons (Fsp3) is 1.00. The second-order valence-electron chi connectivity index (χ2n) is 17.6. The van der Waals surface area contributed by atoms with Crippen molar-refractivity contribution in [2.45, 2.75) is 294 Å². The SMILES string of the molecule is CCCCCCCCCCCCSC(COCC(SCCCCCCCCCCCC)SCCCCCCCCCCCC)SCCCCCCCCCCCC. The molecule has 0 aliphatic heterocycles. The van der Waals surface area contributed by atoms with E-state index >= 15 is 0 Å². The van der Waals surface area contributed by atoms with Gasteiger partial charge in [0.2, 0.25) is 0 Å². The van der Waals surface area contributed by atoms with Gasteiger partial charge in [-0.15, -0.1) is 47.0 Å². The normalized spacial score (nSPS) is 11.9. The Morgan fingerprint density at radius 1 is 0.228 bits per heavy atom. The highest BCUT2D eigenvalue weighted by atomic mass is 32.2. The molecule has 0 atom stereocenters. The zero-order valence-electron chi connectivity index (χ0n) is 39.7. The first-order chi connectivity index (χ1) is 28.3. The number of ether oxygens (including phenoxy) is 1. The third-order valence-electron chi connectivity index (χ3n) is 11.7. The quantitative estimate of drug-likeness (QED) is 0.0443. The molecule has 0 rings (SSSR count). The van der Waals surface area contributed by atoms with Gasteiger partial charge in [-0.2, -0.15) is 0 Å². The average Bonchev–Trinajstić information content (AvgIpc) is 3.22. The largest absolute Gasteiger partial charge is 0.377 e. The van der Waals surface area contributed by atoms with Crippen molar-refractivity contribution < 1.29 is 4.74 Å². The van der Waals surface area contributed by atoms with Gasteiger partial charge in [0.25, 0.3) is 0 Å². The van der Waals surface area contributed by atoms with Gasteiger partial charge in [-0.1, -0.05) is 259 Å². The zero-order chi connectivity index (χ0) is 41.2. The van der Waals surface area contributed by atoms with Crippen molar-refractivity contribution in [1.82, 2.24) is 0 Å². The van der Waals surface area contributed by atoms with E-state index in [4.69, 9.17) is 4.74 Å². The summed E-state index contributed by atoms with van der Waals surface area (Å²) in [6.45, 7) is 11.2. The van der Waals surface area contributed by atoms with Crippen LogP contribution in [0.4, 0.5) is 0 Å². The molecule has 0 aliphatic carbocycles. The molecule has 1 nitrogen and oxygen atoms in total. The van der Waals surface area contributed by atoms with Crippen LogP contribution in [0.25, 0.3) is 0 Å². The second-order valence-corrected chi connectivity index (χ2v) is 23.4. The van der Waals surface area contributed by atoms with E-state index in [0.29, 0.717) is 9.16 Å². The maximum absolute atomic E-state index is 6.68. The molecule has 0 unspecified atom stereocenters. The Hall–Kier alpha value is 1.36. The third-order valence-corrected chi connectivity index (χ3v) is 17.5. The van der Waals surface area contributed by atoms with Crippen LogP contribution in [0.15, 0.2) is 0 Å². The number of unbranched alkanes of at least 4 members (excludes halogenated alkanes) is 36. The van der Waals surface area contributed by atoms with Crippen molar-refractivity contribution in [3.05, 3.63) is 0 Å². The van der Waals surface area contributed by atoms with Crippen LogP contribution in [0.3, 0.4) is 0 Å². The van der Waals surface area contributed by atoms with E-state index in [2.05, 4.69) is 74.7 Å². The molecule has 0 amide bonds. The molecule has 0 N–H and O–H groups in total. The number of thioether (sulfide) groups is 4. The van der Waals surface area contributed by atoms with Crippen molar-refractivity contribution in [1.29, 1.82) is 0 Å². The minimum Gasteiger partial charge on any atom is -0.377 e. The van der Waals surface area contributed by atoms with Gasteiger partial charge < -0.3 is 4.74 Å². The molecule has 57 heavy (non-hydrogen) atoms. The van der Waals surface area contributed by atoms with Gasteiger partial charge in [-0.05, 0) is 48.7 Å². The molecule has 0 bridgehead atoms. The Kier molecular flexibility index (Phi) is 54.8. The first kappa shape index (κ1) is 58.4. The third kappa shape index (κ3) is 49.9. The van der Waals surface area contributed by atoms with Crippen LogP contribution in [-0.2, 0) is 4.74 Å². The number of hydrogen-bond acceptors (Lipinski definition) is 5. The fourth-order valence-electron chi connectivity index (χ4n) is 7.77. The maximum atomic E-state index is 6.68. The van der Waals surface area contributed by atoms with Crippen molar-refractivity contribution in [2.24, 2.45) is 0 Å². The summed E-state index contributed by atoms with van der Waals surface area (Å²) in [5.41, 5.74) is 0. The van der Waals surface area contributed by atoms with Gasteiger partial charge in [0.05, 0.1) is 22.4 Å². The molecule has 0 aromatic carbocycles. The summed E-state index contributed by atoms with van der Waals surface area (Å²) >= 11 is 8.91. The molecule has 0 fully saturated rings. The minimum absolute atomic E-state index is 0.613. The van der Waals surface area contributed by atoms with E-state index < -0.39 is 0 Å². The van der Waals surface area contributed by atoms with Gasteiger partial charge in [0, 0.05) is 0 Å². The van der Waals surface area contributed by atoms with Gasteiger partial charge in [-0.3, -0.25) is 0 Å². The van der Waals surface area contributed by atoms with Crippen molar-refractivity contribution in [2.75, 3.05) is 36.2 Å².